The second-order valence-corrected chi connectivity index (χ2v) is 8.00. The molecular weight excluding hydrogens is 441 g/mol. The van der Waals surface area contributed by atoms with E-state index in [9.17, 15) is 28.2 Å². The number of likely N-dealkylation sites (tertiary alicyclic amines) is 1. The molecule has 4 N–H and O–H groups in total. The molecule has 1 aliphatic carbocycles. The topological polar surface area (TPSA) is 127 Å². The quantitative estimate of drug-likeness (QED) is 0.436. The van der Waals surface area contributed by atoms with Crippen LogP contribution in [0.25, 0.3) is 11.0 Å². The van der Waals surface area contributed by atoms with E-state index >= 15 is 0 Å². The van der Waals surface area contributed by atoms with Gasteiger partial charge in [0.05, 0.1) is 24.0 Å². The zero-order valence-electron chi connectivity index (χ0n) is 17.0. The number of aliphatic hydroxyl groups is 2. The summed E-state index contributed by atoms with van der Waals surface area (Å²) in [5.74, 6) is -2.77. The van der Waals surface area contributed by atoms with Crippen molar-refractivity contribution in [1.82, 2.24) is 25.1 Å². The molecule has 1 fully saturated rings. The maximum atomic E-state index is 14.4. The standard InChI is InChI=1S/C21H19F3N6O3/c22-9-6-13(10-2-1-3-11(23)16(10)24)30(7-9)21(33)17-15-19(25-8-26-20(15)29-28-17)27-12-4-5-14(31)18(12)32/h1-5,8-9,12-14,18,31-32H,6-7H2,(H2,25,26,27,28,29)/t9-,12+,13+,14+,18-/m0/s1. The average molecular weight is 460 g/mol. The van der Waals surface area contributed by atoms with Gasteiger partial charge in [0.25, 0.3) is 5.91 Å². The van der Waals surface area contributed by atoms with E-state index in [2.05, 4.69) is 25.5 Å². The number of aliphatic hydroxyl groups excluding tert-OH is 2. The molecule has 5 rings (SSSR count). The van der Waals surface area contributed by atoms with Crippen molar-refractivity contribution >= 4 is 22.8 Å². The van der Waals surface area contributed by atoms with Crippen molar-refractivity contribution in [1.29, 1.82) is 0 Å². The minimum Gasteiger partial charge on any atom is -0.388 e. The third-order valence-electron chi connectivity index (χ3n) is 5.95. The number of anilines is 1. The minimum atomic E-state index is -1.43. The number of rotatable bonds is 4. The van der Waals surface area contributed by atoms with Crippen LogP contribution in [0.5, 0.6) is 0 Å². The summed E-state index contributed by atoms with van der Waals surface area (Å²) in [6.07, 6.45) is 0.393. The predicted octanol–water partition coefficient (Wildman–Crippen LogP) is 1.63. The van der Waals surface area contributed by atoms with E-state index in [-0.39, 0.29) is 41.1 Å². The van der Waals surface area contributed by atoms with E-state index < -0.39 is 48.0 Å². The number of H-pyrrole nitrogens is 1. The lowest BCUT2D eigenvalue weighted by Gasteiger charge is -2.24. The van der Waals surface area contributed by atoms with Crippen LogP contribution in [0.15, 0.2) is 36.7 Å². The van der Waals surface area contributed by atoms with Crippen LogP contribution in [0, 0.1) is 11.6 Å². The van der Waals surface area contributed by atoms with Gasteiger partial charge in [-0.25, -0.2) is 23.1 Å². The smallest absolute Gasteiger partial charge is 0.275 e. The number of hydrogen-bond acceptors (Lipinski definition) is 7. The molecule has 2 aromatic heterocycles. The van der Waals surface area contributed by atoms with Crippen molar-refractivity contribution in [3.63, 3.8) is 0 Å². The fourth-order valence-electron chi connectivity index (χ4n) is 4.31. The highest BCUT2D eigenvalue weighted by Gasteiger charge is 2.40. The zero-order valence-corrected chi connectivity index (χ0v) is 17.0. The molecule has 172 valence electrons. The van der Waals surface area contributed by atoms with Crippen LogP contribution in [0.3, 0.4) is 0 Å². The van der Waals surface area contributed by atoms with Gasteiger partial charge in [0, 0.05) is 12.0 Å². The molecule has 0 bridgehead atoms. The lowest BCUT2D eigenvalue weighted by molar-refractivity contribution is 0.0552. The van der Waals surface area contributed by atoms with Crippen LogP contribution < -0.4 is 5.32 Å². The summed E-state index contributed by atoms with van der Waals surface area (Å²) in [5, 5.41) is 29.6. The summed E-state index contributed by atoms with van der Waals surface area (Å²) in [4.78, 5) is 22.7. The molecule has 1 amide bonds. The molecule has 1 saturated heterocycles. The molecular formula is C21H19F3N6O3. The fourth-order valence-corrected chi connectivity index (χ4v) is 4.31. The van der Waals surface area contributed by atoms with Crippen LogP contribution in [-0.4, -0.2) is 72.2 Å². The molecule has 5 atom stereocenters. The maximum absolute atomic E-state index is 14.4. The number of aromatic amines is 1. The first-order chi connectivity index (χ1) is 15.8. The number of aromatic nitrogens is 4. The van der Waals surface area contributed by atoms with Crippen LogP contribution in [0.1, 0.15) is 28.5 Å². The largest absolute Gasteiger partial charge is 0.388 e. The Morgan fingerprint density at radius 1 is 1.21 bits per heavy atom. The van der Waals surface area contributed by atoms with E-state index in [1.54, 1.807) is 6.08 Å². The van der Waals surface area contributed by atoms with Gasteiger partial charge >= 0.3 is 0 Å². The molecule has 3 aromatic rings. The molecule has 0 saturated carbocycles. The highest BCUT2D eigenvalue weighted by molar-refractivity contribution is 6.08. The fraction of sp³-hybridized carbons (Fsp3) is 0.333. The van der Waals surface area contributed by atoms with Crippen molar-refractivity contribution in [2.75, 3.05) is 11.9 Å². The number of amides is 1. The Morgan fingerprint density at radius 2 is 2.03 bits per heavy atom. The molecule has 1 aromatic carbocycles. The van der Waals surface area contributed by atoms with Crippen LogP contribution in [-0.2, 0) is 0 Å². The van der Waals surface area contributed by atoms with Gasteiger partial charge < -0.3 is 20.4 Å². The number of hydrogen-bond donors (Lipinski definition) is 4. The zero-order chi connectivity index (χ0) is 23.3. The van der Waals surface area contributed by atoms with Gasteiger partial charge in [-0.05, 0) is 6.07 Å². The predicted molar refractivity (Wildman–Crippen MR) is 110 cm³/mol. The van der Waals surface area contributed by atoms with E-state index in [1.807, 2.05) is 0 Å². The van der Waals surface area contributed by atoms with E-state index in [4.69, 9.17) is 0 Å². The molecule has 2 aliphatic rings. The number of nitrogens with zero attached hydrogens (tertiary/aromatic N) is 4. The number of alkyl halides is 1. The minimum absolute atomic E-state index is 0.119. The number of carbonyl (C=O) groups excluding carboxylic acids is 1. The summed E-state index contributed by atoms with van der Waals surface area (Å²) in [6, 6.07) is 1.86. The Hall–Kier alpha value is -3.51. The molecule has 12 heteroatoms. The monoisotopic (exact) mass is 460 g/mol. The van der Waals surface area contributed by atoms with Crippen molar-refractivity contribution in [3.05, 3.63) is 59.6 Å². The Kier molecular flexibility index (Phi) is 5.25. The summed E-state index contributed by atoms with van der Waals surface area (Å²) < 4.78 is 42.6. The highest BCUT2D eigenvalue weighted by Crippen LogP contribution is 2.37. The van der Waals surface area contributed by atoms with Crippen LogP contribution >= 0.6 is 0 Å². The molecule has 0 unspecified atom stereocenters. The average Bonchev–Trinajstić information content (AvgIpc) is 3.49. The van der Waals surface area contributed by atoms with Gasteiger partial charge in [-0.3, -0.25) is 9.89 Å². The van der Waals surface area contributed by atoms with Crippen LogP contribution in [0.2, 0.25) is 0 Å². The highest BCUT2D eigenvalue weighted by atomic mass is 19.2. The van der Waals surface area contributed by atoms with Crippen molar-refractivity contribution in [2.45, 2.75) is 36.9 Å². The Labute approximate surface area is 185 Å². The summed E-state index contributed by atoms with van der Waals surface area (Å²) >= 11 is 0. The van der Waals surface area contributed by atoms with E-state index in [0.717, 1.165) is 11.0 Å². The third-order valence-corrected chi connectivity index (χ3v) is 5.95. The first-order valence-corrected chi connectivity index (χ1v) is 10.2. The second-order valence-electron chi connectivity index (χ2n) is 8.00. The van der Waals surface area contributed by atoms with Crippen molar-refractivity contribution < 1.29 is 28.2 Å². The number of benzene rings is 1. The van der Waals surface area contributed by atoms with E-state index in [0.29, 0.717) is 0 Å². The summed E-state index contributed by atoms with van der Waals surface area (Å²) in [6.45, 7) is -0.319. The molecule has 33 heavy (non-hydrogen) atoms. The molecule has 0 radical (unpaired) electrons. The van der Waals surface area contributed by atoms with Crippen LogP contribution in [0.4, 0.5) is 19.0 Å². The number of fused-ring (bicyclic) bond motifs is 1. The van der Waals surface area contributed by atoms with Crippen molar-refractivity contribution in [3.8, 4) is 0 Å². The van der Waals surface area contributed by atoms with Crippen molar-refractivity contribution in [2.24, 2.45) is 0 Å². The Balaban J connectivity index is 1.52. The van der Waals surface area contributed by atoms with Gasteiger partial charge in [-0.2, -0.15) is 5.10 Å². The number of nitrogens with one attached hydrogen (secondary N) is 2. The number of carbonyl (C=O) groups is 1. The third kappa shape index (κ3) is 3.60. The maximum Gasteiger partial charge on any atom is 0.275 e. The normalized spacial score (nSPS) is 26.9. The molecule has 0 spiro atoms. The lowest BCUT2D eigenvalue weighted by atomic mass is 10.0. The summed E-state index contributed by atoms with van der Waals surface area (Å²) in [7, 11) is 0. The SMILES string of the molecule is O=C(c1n[nH]c2ncnc(N[C@@H]3C=C[C@@H](O)[C@H]3O)c12)N1C[C@@H](F)C[C@@H]1c1cccc(F)c1F. The first-order valence-electron chi connectivity index (χ1n) is 10.2. The van der Waals surface area contributed by atoms with Gasteiger partial charge in [-0.1, -0.05) is 24.3 Å². The number of halogens is 3. The molecule has 9 nitrogen and oxygen atoms in total. The molecule has 3 heterocycles. The van der Waals surface area contributed by atoms with Gasteiger partial charge in [0.15, 0.2) is 23.0 Å². The first kappa shape index (κ1) is 21.3. The Bertz CT molecular complexity index is 1250. The lowest BCUT2D eigenvalue weighted by Crippen LogP contribution is -2.35. The van der Waals surface area contributed by atoms with Gasteiger partial charge in [-0.15, -0.1) is 0 Å². The second kappa shape index (κ2) is 8.12. The Morgan fingerprint density at radius 3 is 2.79 bits per heavy atom. The van der Waals surface area contributed by atoms with Gasteiger partial charge in [0.1, 0.15) is 30.5 Å². The summed E-state index contributed by atoms with van der Waals surface area (Å²) in [5.41, 5.74) is -0.0514. The van der Waals surface area contributed by atoms with Gasteiger partial charge in [0.2, 0.25) is 0 Å². The van der Waals surface area contributed by atoms with E-state index in [1.165, 1.54) is 24.5 Å². The molecule has 1 aliphatic heterocycles.